The molecule has 1 aliphatic rings. The van der Waals surface area contributed by atoms with Crippen molar-refractivity contribution in [3.63, 3.8) is 0 Å². The lowest BCUT2D eigenvalue weighted by Gasteiger charge is -2.26. The first-order valence-electron chi connectivity index (χ1n) is 6.77. The molecule has 1 N–H and O–H groups in total. The van der Waals surface area contributed by atoms with Crippen LogP contribution in [0.15, 0.2) is 27.6 Å². The molecule has 20 heavy (non-hydrogen) atoms. The van der Waals surface area contributed by atoms with Crippen molar-refractivity contribution in [2.75, 3.05) is 6.54 Å². The van der Waals surface area contributed by atoms with Crippen molar-refractivity contribution in [2.45, 2.75) is 44.2 Å². The summed E-state index contributed by atoms with van der Waals surface area (Å²) in [6.45, 7) is 4.29. The number of sulfonamides is 1. The van der Waals surface area contributed by atoms with Crippen LogP contribution in [0.25, 0.3) is 0 Å². The summed E-state index contributed by atoms with van der Waals surface area (Å²) in [7, 11) is -3.51. The summed E-state index contributed by atoms with van der Waals surface area (Å²) in [4.78, 5) is 0.268. The minimum Gasteiger partial charge on any atom is -0.392 e. The highest BCUT2D eigenvalue weighted by Crippen LogP contribution is 2.34. The maximum atomic E-state index is 12.8. The first-order valence-corrected chi connectivity index (χ1v) is 9.00. The smallest absolute Gasteiger partial charge is 0.244 e. The van der Waals surface area contributed by atoms with E-state index < -0.39 is 10.0 Å². The van der Waals surface area contributed by atoms with Crippen molar-refractivity contribution < 1.29 is 13.5 Å². The molecular weight excluding hydrogens is 342 g/mol. The second-order valence-corrected chi connectivity index (χ2v) is 8.25. The van der Waals surface area contributed by atoms with Crippen molar-refractivity contribution in [3.8, 4) is 0 Å². The summed E-state index contributed by atoms with van der Waals surface area (Å²) in [5.41, 5.74) is 0.689. The third-order valence-electron chi connectivity index (χ3n) is 3.48. The lowest BCUT2D eigenvalue weighted by Crippen LogP contribution is -2.38. The minimum absolute atomic E-state index is 0.0648. The van der Waals surface area contributed by atoms with Gasteiger partial charge in [-0.15, -0.1) is 0 Å². The normalized spacial score (nSPS) is 16.1. The van der Waals surface area contributed by atoms with Crippen molar-refractivity contribution >= 4 is 26.0 Å². The van der Waals surface area contributed by atoms with Gasteiger partial charge in [0.15, 0.2) is 0 Å². The van der Waals surface area contributed by atoms with Gasteiger partial charge in [-0.25, -0.2) is 8.42 Å². The molecule has 0 heterocycles. The molecule has 1 saturated carbocycles. The fraction of sp³-hybridized carbons (Fsp3) is 0.571. The van der Waals surface area contributed by atoms with E-state index >= 15 is 0 Å². The quantitative estimate of drug-likeness (QED) is 0.847. The van der Waals surface area contributed by atoms with Crippen LogP contribution in [0.3, 0.4) is 0 Å². The molecule has 2 rings (SSSR count). The second kappa shape index (κ2) is 6.13. The van der Waals surface area contributed by atoms with Crippen molar-refractivity contribution in [2.24, 2.45) is 5.92 Å². The average Bonchev–Trinajstić information content (AvgIpc) is 3.18. The molecule has 0 radical (unpaired) electrons. The molecule has 1 aromatic rings. The fourth-order valence-electron chi connectivity index (χ4n) is 2.12. The van der Waals surface area contributed by atoms with E-state index in [9.17, 15) is 8.42 Å². The highest BCUT2D eigenvalue weighted by molar-refractivity contribution is 9.10. The number of nitrogens with zero attached hydrogens (tertiary/aromatic N) is 1. The Morgan fingerprint density at radius 3 is 2.50 bits per heavy atom. The van der Waals surface area contributed by atoms with Crippen LogP contribution in [0.5, 0.6) is 0 Å². The maximum Gasteiger partial charge on any atom is 0.244 e. The number of rotatable bonds is 6. The van der Waals surface area contributed by atoms with Crippen LogP contribution in [-0.2, 0) is 16.6 Å². The first-order chi connectivity index (χ1) is 9.36. The van der Waals surface area contributed by atoms with Crippen LogP contribution in [-0.4, -0.2) is 30.4 Å². The molecule has 0 aromatic heterocycles. The van der Waals surface area contributed by atoms with Crippen LogP contribution in [0.1, 0.15) is 32.3 Å². The highest BCUT2D eigenvalue weighted by atomic mass is 79.9. The Kier molecular flexibility index (Phi) is 4.89. The van der Waals surface area contributed by atoms with Crippen LogP contribution in [0.2, 0.25) is 0 Å². The van der Waals surface area contributed by atoms with Gasteiger partial charge < -0.3 is 5.11 Å². The summed E-state index contributed by atoms with van der Waals surface area (Å²) in [5.74, 6) is 0.502. The molecule has 4 nitrogen and oxygen atoms in total. The molecule has 1 aliphatic carbocycles. The average molecular weight is 362 g/mol. The highest BCUT2D eigenvalue weighted by Gasteiger charge is 2.34. The predicted molar refractivity (Wildman–Crippen MR) is 81.8 cm³/mol. The third kappa shape index (κ3) is 3.42. The Morgan fingerprint density at radius 2 is 2.05 bits per heavy atom. The number of halogens is 1. The Labute approximate surface area is 129 Å². The summed E-state index contributed by atoms with van der Waals surface area (Å²) < 4.78 is 27.7. The van der Waals surface area contributed by atoms with Crippen molar-refractivity contribution in [1.29, 1.82) is 0 Å². The van der Waals surface area contributed by atoms with Gasteiger partial charge in [0.25, 0.3) is 0 Å². The van der Waals surface area contributed by atoms with Gasteiger partial charge in [-0.3, -0.25) is 0 Å². The zero-order valence-corrected chi connectivity index (χ0v) is 14.1. The Morgan fingerprint density at radius 1 is 1.40 bits per heavy atom. The predicted octanol–water partition coefficient (Wildman–Crippen LogP) is 2.75. The van der Waals surface area contributed by atoms with E-state index in [1.807, 2.05) is 13.8 Å². The molecule has 0 unspecified atom stereocenters. The van der Waals surface area contributed by atoms with E-state index in [0.29, 0.717) is 22.5 Å². The zero-order chi connectivity index (χ0) is 14.9. The molecule has 0 aliphatic heterocycles. The van der Waals surface area contributed by atoms with E-state index in [4.69, 9.17) is 5.11 Å². The number of hydrogen-bond acceptors (Lipinski definition) is 3. The molecule has 0 spiro atoms. The largest absolute Gasteiger partial charge is 0.392 e. The number of hydrogen-bond donors (Lipinski definition) is 1. The molecular formula is C14H20BrNO3S. The summed E-state index contributed by atoms with van der Waals surface area (Å²) in [6.07, 6.45) is 2.23. The fourth-order valence-corrected chi connectivity index (χ4v) is 4.92. The molecule has 0 amide bonds. The summed E-state index contributed by atoms with van der Waals surface area (Å²) in [6, 6.07) is 4.80. The van der Waals surface area contributed by atoms with Gasteiger partial charge in [0, 0.05) is 17.1 Å². The van der Waals surface area contributed by atoms with Crippen LogP contribution >= 0.6 is 15.9 Å². The van der Waals surface area contributed by atoms with Crippen molar-refractivity contribution in [1.82, 2.24) is 4.31 Å². The van der Waals surface area contributed by atoms with Crippen molar-refractivity contribution in [3.05, 3.63) is 28.2 Å². The van der Waals surface area contributed by atoms with E-state index in [-0.39, 0.29) is 17.5 Å². The topological polar surface area (TPSA) is 57.6 Å². The molecule has 1 aromatic carbocycles. The lowest BCUT2D eigenvalue weighted by atomic mass is 10.2. The van der Waals surface area contributed by atoms with Gasteiger partial charge >= 0.3 is 0 Å². The van der Waals surface area contributed by atoms with Crippen LogP contribution in [0, 0.1) is 5.92 Å². The molecule has 6 heteroatoms. The standard InChI is InChI=1S/C14H20BrNO3S/c1-10(2)16(8-11-3-4-11)20(18,19)14-6-5-12(9-17)7-13(14)15/h5-7,10-11,17H,3-4,8-9H2,1-2H3. The zero-order valence-electron chi connectivity index (χ0n) is 11.7. The van der Waals surface area contributed by atoms with Gasteiger partial charge in [0.1, 0.15) is 0 Å². The van der Waals surface area contributed by atoms with Crippen LogP contribution < -0.4 is 0 Å². The number of aliphatic hydroxyl groups excluding tert-OH is 1. The summed E-state index contributed by atoms with van der Waals surface area (Å²) in [5, 5.41) is 9.10. The van der Waals surface area contributed by atoms with Gasteiger partial charge in [-0.05, 0) is 66.2 Å². The Bertz CT molecular complexity index is 582. The second-order valence-electron chi connectivity index (χ2n) is 5.53. The van der Waals surface area contributed by atoms with E-state index in [0.717, 1.165) is 12.8 Å². The Balaban J connectivity index is 2.36. The third-order valence-corrected chi connectivity index (χ3v) is 6.50. The molecule has 112 valence electrons. The SMILES string of the molecule is CC(C)N(CC1CC1)S(=O)(=O)c1ccc(CO)cc1Br. The van der Waals surface area contributed by atoms with Gasteiger partial charge in [0.2, 0.25) is 10.0 Å². The molecule has 0 bridgehead atoms. The first kappa shape index (κ1) is 15.9. The lowest BCUT2D eigenvalue weighted by molar-refractivity contribution is 0.281. The molecule has 0 atom stereocenters. The van der Waals surface area contributed by atoms with Crippen LogP contribution in [0.4, 0.5) is 0 Å². The number of aliphatic hydroxyl groups is 1. The van der Waals surface area contributed by atoms with Gasteiger partial charge in [-0.2, -0.15) is 4.31 Å². The monoisotopic (exact) mass is 361 g/mol. The maximum absolute atomic E-state index is 12.8. The Hall–Kier alpha value is -0.430. The number of benzene rings is 1. The van der Waals surface area contributed by atoms with E-state index in [2.05, 4.69) is 15.9 Å². The van der Waals surface area contributed by atoms with E-state index in [1.54, 1.807) is 22.5 Å². The van der Waals surface area contributed by atoms with Gasteiger partial charge in [-0.1, -0.05) is 6.07 Å². The minimum atomic E-state index is -3.51. The summed E-state index contributed by atoms with van der Waals surface area (Å²) >= 11 is 3.31. The van der Waals surface area contributed by atoms with E-state index in [1.165, 1.54) is 0 Å². The van der Waals surface area contributed by atoms with Gasteiger partial charge in [0.05, 0.1) is 11.5 Å². The molecule has 0 saturated heterocycles. The molecule has 1 fully saturated rings.